The summed E-state index contributed by atoms with van der Waals surface area (Å²) >= 11 is 0. The van der Waals surface area contributed by atoms with Crippen molar-refractivity contribution < 1.29 is 17.6 Å². The smallest absolute Gasteiger partial charge is 0.244 e. The monoisotopic (exact) mass is 276 g/mol. The average Bonchev–Trinajstić information content (AvgIpc) is 2.61. The second-order valence-electron chi connectivity index (χ2n) is 4.12. The van der Waals surface area contributed by atoms with Gasteiger partial charge in [-0.3, -0.25) is 0 Å². The summed E-state index contributed by atoms with van der Waals surface area (Å²) in [7, 11) is -2.10. The number of aryl methyl sites for hydroxylation is 2. The van der Waals surface area contributed by atoms with Crippen LogP contribution in [0.5, 0.6) is 0 Å². The van der Waals surface area contributed by atoms with E-state index in [0.29, 0.717) is 17.1 Å². The van der Waals surface area contributed by atoms with Gasteiger partial charge in [0, 0.05) is 25.8 Å². The summed E-state index contributed by atoms with van der Waals surface area (Å²) in [6, 6.07) is 0. The Kier molecular flexibility index (Phi) is 4.92. The molecular weight excluding hydrogens is 256 g/mol. The van der Waals surface area contributed by atoms with Crippen molar-refractivity contribution in [1.82, 2.24) is 4.72 Å². The van der Waals surface area contributed by atoms with Crippen molar-refractivity contribution in [1.29, 1.82) is 0 Å². The van der Waals surface area contributed by atoms with Gasteiger partial charge in [-0.2, -0.15) is 0 Å². The van der Waals surface area contributed by atoms with Gasteiger partial charge >= 0.3 is 0 Å². The molecular formula is C11H20N2O4S. The van der Waals surface area contributed by atoms with Gasteiger partial charge in [0.2, 0.25) is 10.0 Å². The maximum Gasteiger partial charge on any atom is 0.244 e. The first kappa shape index (κ1) is 15.2. The molecule has 1 rings (SSSR count). The Bertz CT molecular complexity index is 507. The van der Waals surface area contributed by atoms with E-state index >= 15 is 0 Å². The Morgan fingerprint density at radius 3 is 2.50 bits per heavy atom. The van der Waals surface area contributed by atoms with Crippen molar-refractivity contribution in [3.63, 3.8) is 0 Å². The molecule has 18 heavy (non-hydrogen) atoms. The summed E-state index contributed by atoms with van der Waals surface area (Å²) in [6.45, 7) is 5.41. The molecule has 0 spiro atoms. The van der Waals surface area contributed by atoms with E-state index in [-0.39, 0.29) is 24.1 Å². The largest absolute Gasteiger partial charge is 0.465 e. The summed E-state index contributed by atoms with van der Waals surface area (Å²) in [5.74, 6) is 0.890. The Hall–Kier alpha value is -0.890. The van der Waals surface area contributed by atoms with E-state index in [1.165, 1.54) is 7.11 Å². The van der Waals surface area contributed by atoms with Crippen LogP contribution in [0.4, 0.5) is 0 Å². The van der Waals surface area contributed by atoms with Crippen LogP contribution in [0.3, 0.4) is 0 Å². The number of methoxy groups -OCH3 is 1. The molecule has 7 heteroatoms. The second-order valence-corrected chi connectivity index (χ2v) is 5.83. The zero-order valence-corrected chi connectivity index (χ0v) is 11.9. The molecule has 104 valence electrons. The summed E-state index contributed by atoms with van der Waals surface area (Å²) < 4.78 is 37.2. The Balaban J connectivity index is 3.05. The Morgan fingerprint density at radius 1 is 1.39 bits per heavy atom. The van der Waals surface area contributed by atoms with Gasteiger partial charge < -0.3 is 14.9 Å². The molecule has 1 unspecified atom stereocenters. The van der Waals surface area contributed by atoms with Gasteiger partial charge in [0.1, 0.15) is 16.4 Å². The van der Waals surface area contributed by atoms with Crippen LogP contribution in [0, 0.1) is 13.8 Å². The minimum absolute atomic E-state index is 0.124. The molecule has 0 saturated carbocycles. The quantitative estimate of drug-likeness (QED) is 0.796. The molecule has 1 atom stereocenters. The van der Waals surface area contributed by atoms with E-state index in [1.54, 1.807) is 20.8 Å². The van der Waals surface area contributed by atoms with Gasteiger partial charge in [0.15, 0.2) is 0 Å². The van der Waals surface area contributed by atoms with Crippen LogP contribution in [0.2, 0.25) is 0 Å². The van der Waals surface area contributed by atoms with Crippen molar-refractivity contribution in [3.05, 3.63) is 17.1 Å². The van der Waals surface area contributed by atoms with E-state index in [4.69, 9.17) is 14.9 Å². The first-order valence-corrected chi connectivity index (χ1v) is 7.13. The lowest BCUT2D eigenvalue weighted by atomic mass is 10.2. The second kappa shape index (κ2) is 5.83. The van der Waals surface area contributed by atoms with Gasteiger partial charge in [-0.1, -0.05) is 0 Å². The van der Waals surface area contributed by atoms with Crippen molar-refractivity contribution in [2.45, 2.75) is 38.3 Å². The van der Waals surface area contributed by atoms with E-state index in [1.807, 2.05) is 0 Å². The number of nitrogens with one attached hydrogen (secondary N) is 1. The molecule has 0 aromatic carbocycles. The van der Waals surface area contributed by atoms with Crippen LogP contribution in [-0.2, 0) is 21.3 Å². The molecule has 6 nitrogen and oxygen atoms in total. The SMILES string of the molecule is COC(C)CNS(=O)(=O)c1c(C)oc(C)c1CN. The predicted octanol–water partition coefficient (Wildman–Crippen LogP) is 0.668. The first-order chi connectivity index (χ1) is 8.33. The zero-order chi connectivity index (χ0) is 13.9. The Morgan fingerprint density at radius 2 is 2.00 bits per heavy atom. The van der Waals surface area contributed by atoms with E-state index in [2.05, 4.69) is 4.72 Å². The molecule has 0 saturated heterocycles. The maximum atomic E-state index is 12.2. The molecule has 0 fully saturated rings. The van der Waals surface area contributed by atoms with E-state index < -0.39 is 10.0 Å². The third-order valence-corrected chi connectivity index (χ3v) is 4.38. The highest BCUT2D eigenvalue weighted by Crippen LogP contribution is 2.25. The van der Waals surface area contributed by atoms with Crippen molar-refractivity contribution in [2.24, 2.45) is 5.73 Å². The van der Waals surface area contributed by atoms with Crippen LogP contribution in [0.1, 0.15) is 24.0 Å². The molecule has 3 N–H and O–H groups in total. The fourth-order valence-electron chi connectivity index (χ4n) is 1.68. The topological polar surface area (TPSA) is 94.6 Å². The third kappa shape index (κ3) is 3.11. The average molecular weight is 276 g/mol. The fourth-order valence-corrected chi connectivity index (χ4v) is 3.25. The number of rotatable bonds is 6. The molecule has 1 heterocycles. The highest BCUT2D eigenvalue weighted by Gasteiger charge is 2.26. The number of hydrogen-bond donors (Lipinski definition) is 2. The minimum atomic E-state index is -3.62. The van der Waals surface area contributed by atoms with Crippen molar-refractivity contribution >= 4 is 10.0 Å². The molecule has 0 aliphatic carbocycles. The summed E-state index contributed by atoms with van der Waals surface area (Å²) in [5, 5.41) is 0. The molecule has 1 aromatic heterocycles. The normalized spacial score (nSPS) is 13.8. The third-order valence-electron chi connectivity index (χ3n) is 2.76. The lowest BCUT2D eigenvalue weighted by molar-refractivity contribution is 0.122. The van der Waals surface area contributed by atoms with Crippen LogP contribution >= 0.6 is 0 Å². The molecule has 0 radical (unpaired) electrons. The standard InChI is InChI=1S/C11H20N2O4S/c1-7(16-4)6-13-18(14,15)11-9(3)17-8(2)10(11)5-12/h7,13H,5-6,12H2,1-4H3. The summed E-state index contributed by atoms with van der Waals surface area (Å²) in [5.41, 5.74) is 6.09. The van der Waals surface area contributed by atoms with Crippen LogP contribution in [0.25, 0.3) is 0 Å². The number of ether oxygens (including phenoxy) is 1. The molecule has 0 bridgehead atoms. The number of nitrogens with two attached hydrogens (primary N) is 1. The van der Waals surface area contributed by atoms with Gasteiger partial charge in [-0.15, -0.1) is 0 Å². The highest BCUT2D eigenvalue weighted by molar-refractivity contribution is 7.89. The molecule has 0 amide bonds. The van der Waals surface area contributed by atoms with Gasteiger partial charge in [0.05, 0.1) is 6.10 Å². The maximum absolute atomic E-state index is 12.2. The summed E-state index contributed by atoms with van der Waals surface area (Å²) in [4.78, 5) is 0.144. The highest BCUT2D eigenvalue weighted by atomic mass is 32.2. The molecule has 0 aliphatic rings. The van der Waals surface area contributed by atoms with E-state index in [9.17, 15) is 8.42 Å². The summed E-state index contributed by atoms with van der Waals surface area (Å²) in [6.07, 6.45) is -0.200. The number of sulfonamides is 1. The number of hydrogen-bond acceptors (Lipinski definition) is 5. The van der Waals surface area contributed by atoms with E-state index in [0.717, 1.165) is 0 Å². The van der Waals surface area contributed by atoms with Gasteiger partial charge in [-0.05, 0) is 20.8 Å². The predicted molar refractivity (Wildman–Crippen MR) is 67.7 cm³/mol. The van der Waals surface area contributed by atoms with Crippen LogP contribution < -0.4 is 10.5 Å². The molecule has 0 aliphatic heterocycles. The van der Waals surface area contributed by atoms with Crippen LogP contribution in [0.15, 0.2) is 9.31 Å². The minimum Gasteiger partial charge on any atom is -0.465 e. The van der Waals surface area contributed by atoms with Crippen molar-refractivity contribution in [3.8, 4) is 0 Å². The Labute approximate surface area is 108 Å². The lowest BCUT2D eigenvalue weighted by Crippen LogP contribution is -2.32. The lowest BCUT2D eigenvalue weighted by Gasteiger charge is -2.11. The van der Waals surface area contributed by atoms with Gasteiger partial charge in [0.25, 0.3) is 0 Å². The van der Waals surface area contributed by atoms with Gasteiger partial charge in [-0.25, -0.2) is 13.1 Å². The fraction of sp³-hybridized carbons (Fsp3) is 0.636. The molecule has 1 aromatic rings. The van der Waals surface area contributed by atoms with Crippen LogP contribution in [-0.4, -0.2) is 28.2 Å². The number of furan rings is 1. The first-order valence-electron chi connectivity index (χ1n) is 5.64. The zero-order valence-electron chi connectivity index (χ0n) is 11.1. The van der Waals surface area contributed by atoms with Crippen molar-refractivity contribution in [2.75, 3.05) is 13.7 Å².